The normalized spacial score (nSPS) is 14.2. The number of carbonyl (C=O) groups excluding carboxylic acids is 1. The molecule has 1 N–H and O–H groups in total. The van der Waals surface area contributed by atoms with Crippen molar-refractivity contribution in [2.75, 3.05) is 29.9 Å². The summed E-state index contributed by atoms with van der Waals surface area (Å²) in [5.74, 6) is 1.20. The Bertz CT molecular complexity index is 725. The smallest absolute Gasteiger partial charge is 0.274 e. The molecule has 2 heterocycles. The van der Waals surface area contributed by atoms with Gasteiger partial charge in [-0.3, -0.25) is 4.79 Å². The van der Waals surface area contributed by atoms with E-state index in [1.54, 1.807) is 6.07 Å². The van der Waals surface area contributed by atoms with E-state index in [1.807, 2.05) is 38.1 Å². The van der Waals surface area contributed by atoms with Gasteiger partial charge in [0.1, 0.15) is 11.4 Å². The van der Waals surface area contributed by atoms with Crippen LogP contribution in [0.3, 0.4) is 0 Å². The highest BCUT2D eigenvalue weighted by Gasteiger charge is 2.17. The Hall–Kier alpha value is -2.63. The first-order chi connectivity index (χ1) is 12.2. The first-order valence-electron chi connectivity index (χ1n) is 8.80. The van der Waals surface area contributed by atoms with Gasteiger partial charge in [0.05, 0.1) is 6.61 Å². The molecule has 6 nitrogen and oxygen atoms in total. The molecule has 6 heteroatoms. The van der Waals surface area contributed by atoms with Gasteiger partial charge in [-0.15, -0.1) is 0 Å². The van der Waals surface area contributed by atoms with Crippen molar-refractivity contribution in [3.8, 4) is 5.75 Å². The fraction of sp³-hybridized carbons (Fsp3) is 0.421. The summed E-state index contributed by atoms with van der Waals surface area (Å²) in [6.07, 6.45) is 3.53. The number of aromatic nitrogens is 2. The van der Waals surface area contributed by atoms with Crippen molar-refractivity contribution in [1.29, 1.82) is 0 Å². The van der Waals surface area contributed by atoms with Crippen molar-refractivity contribution < 1.29 is 9.53 Å². The zero-order valence-corrected chi connectivity index (χ0v) is 14.8. The molecule has 1 aliphatic heterocycles. The van der Waals surface area contributed by atoms with E-state index in [1.165, 1.54) is 6.42 Å². The number of piperidine rings is 1. The highest BCUT2D eigenvalue weighted by molar-refractivity contribution is 6.03. The molecule has 1 amide bonds. The predicted molar refractivity (Wildman–Crippen MR) is 98.4 cm³/mol. The second kappa shape index (κ2) is 7.96. The number of carbonyl (C=O) groups is 1. The van der Waals surface area contributed by atoms with Crippen molar-refractivity contribution in [3.05, 3.63) is 41.7 Å². The van der Waals surface area contributed by atoms with E-state index in [0.29, 0.717) is 23.9 Å². The third kappa shape index (κ3) is 4.47. The van der Waals surface area contributed by atoms with E-state index in [-0.39, 0.29) is 5.91 Å². The molecule has 1 aliphatic rings. The quantitative estimate of drug-likeness (QED) is 0.903. The largest absolute Gasteiger partial charge is 0.494 e. The van der Waals surface area contributed by atoms with Crippen LogP contribution in [-0.2, 0) is 0 Å². The summed E-state index contributed by atoms with van der Waals surface area (Å²) in [5, 5.41) is 2.88. The molecule has 132 valence electrons. The molecule has 0 atom stereocenters. The van der Waals surface area contributed by atoms with E-state index >= 15 is 0 Å². The molecule has 2 aromatic rings. The number of nitrogens with one attached hydrogen (secondary N) is 1. The third-order valence-corrected chi connectivity index (χ3v) is 4.14. The van der Waals surface area contributed by atoms with Crippen LogP contribution in [-0.4, -0.2) is 35.6 Å². The van der Waals surface area contributed by atoms with Gasteiger partial charge in [0.25, 0.3) is 5.91 Å². The second-order valence-electron chi connectivity index (χ2n) is 6.15. The minimum absolute atomic E-state index is 0.229. The van der Waals surface area contributed by atoms with E-state index in [2.05, 4.69) is 20.2 Å². The van der Waals surface area contributed by atoms with Crippen molar-refractivity contribution >= 4 is 17.5 Å². The van der Waals surface area contributed by atoms with Gasteiger partial charge in [-0.25, -0.2) is 9.97 Å². The Morgan fingerprint density at radius 2 is 1.88 bits per heavy atom. The summed E-state index contributed by atoms with van der Waals surface area (Å²) in [5.41, 5.74) is 1.90. The molecular formula is C19H24N4O2. The van der Waals surface area contributed by atoms with Crippen LogP contribution in [0.5, 0.6) is 5.75 Å². The van der Waals surface area contributed by atoms with Crippen LogP contribution in [0.2, 0.25) is 0 Å². The summed E-state index contributed by atoms with van der Waals surface area (Å²) < 4.78 is 5.41. The number of nitrogens with zero attached hydrogens (tertiary/aromatic N) is 3. The van der Waals surface area contributed by atoms with Gasteiger partial charge >= 0.3 is 0 Å². The molecule has 1 aromatic heterocycles. The Labute approximate surface area is 148 Å². The van der Waals surface area contributed by atoms with Gasteiger partial charge < -0.3 is 15.0 Å². The summed E-state index contributed by atoms with van der Waals surface area (Å²) in [4.78, 5) is 23.7. The molecule has 0 saturated carbocycles. The van der Waals surface area contributed by atoms with Crippen LogP contribution in [0.25, 0.3) is 0 Å². The second-order valence-corrected chi connectivity index (χ2v) is 6.15. The number of hydrogen-bond donors (Lipinski definition) is 1. The van der Waals surface area contributed by atoms with Crippen LogP contribution < -0.4 is 15.0 Å². The van der Waals surface area contributed by atoms with Crippen LogP contribution >= 0.6 is 0 Å². The Kier molecular flexibility index (Phi) is 5.48. The summed E-state index contributed by atoms with van der Waals surface area (Å²) in [6, 6.07) is 9.04. The van der Waals surface area contributed by atoms with Gasteiger partial charge in [-0.1, -0.05) is 0 Å². The van der Waals surface area contributed by atoms with Crippen LogP contribution in [0.15, 0.2) is 30.3 Å². The lowest BCUT2D eigenvalue weighted by Gasteiger charge is -2.27. The van der Waals surface area contributed by atoms with E-state index in [4.69, 9.17) is 4.74 Å². The Morgan fingerprint density at radius 1 is 1.16 bits per heavy atom. The standard InChI is InChI=1S/C19H24N4O2/c1-3-25-16-9-7-15(8-10-16)21-18(24)17-13-14(2)20-19(22-17)23-11-5-4-6-12-23/h7-10,13H,3-6,11-12H2,1-2H3,(H,21,24). The number of benzene rings is 1. The molecular weight excluding hydrogens is 316 g/mol. The average molecular weight is 340 g/mol. The molecule has 1 saturated heterocycles. The summed E-state index contributed by atoms with van der Waals surface area (Å²) >= 11 is 0. The minimum atomic E-state index is -0.229. The first kappa shape index (κ1) is 17.2. The van der Waals surface area contributed by atoms with Crippen molar-refractivity contribution in [2.24, 2.45) is 0 Å². The Balaban J connectivity index is 1.73. The van der Waals surface area contributed by atoms with Gasteiger partial charge in [0.2, 0.25) is 5.95 Å². The number of amides is 1. The van der Waals surface area contributed by atoms with E-state index < -0.39 is 0 Å². The average Bonchev–Trinajstić information content (AvgIpc) is 2.64. The monoisotopic (exact) mass is 340 g/mol. The molecule has 0 bridgehead atoms. The molecule has 25 heavy (non-hydrogen) atoms. The maximum atomic E-state index is 12.6. The Morgan fingerprint density at radius 3 is 2.56 bits per heavy atom. The lowest BCUT2D eigenvalue weighted by molar-refractivity contribution is 0.102. The molecule has 0 unspecified atom stereocenters. The van der Waals surface area contributed by atoms with Crippen molar-refractivity contribution in [3.63, 3.8) is 0 Å². The summed E-state index contributed by atoms with van der Waals surface area (Å²) in [6.45, 7) is 6.34. The van der Waals surface area contributed by atoms with Gasteiger partial charge in [-0.2, -0.15) is 0 Å². The van der Waals surface area contributed by atoms with Gasteiger partial charge in [0, 0.05) is 24.5 Å². The minimum Gasteiger partial charge on any atom is -0.494 e. The van der Waals surface area contributed by atoms with Crippen molar-refractivity contribution in [1.82, 2.24) is 9.97 Å². The predicted octanol–water partition coefficient (Wildman–Crippen LogP) is 3.43. The first-order valence-corrected chi connectivity index (χ1v) is 8.80. The van der Waals surface area contributed by atoms with E-state index in [9.17, 15) is 4.79 Å². The zero-order valence-electron chi connectivity index (χ0n) is 14.8. The number of ether oxygens (including phenoxy) is 1. The van der Waals surface area contributed by atoms with Gasteiger partial charge in [-0.05, 0) is 63.4 Å². The molecule has 3 rings (SSSR count). The highest BCUT2D eigenvalue weighted by atomic mass is 16.5. The molecule has 0 spiro atoms. The topological polar surface area (TPSA) is 67.3 Å². The lowest BCUT2D eigenvalue weighted by atomic mass is 10.1. The summed E-state index contributed by atoms with van der Waals surface area (Å²) in [7, 11) is 0. The van der Waals surface area contributed by atoms with E-state index in [0.717, 1.165) is 37.4 Å². The third-order valence-electron chi connectivity index (χ3n) is 4.14. The number of aryl methyl sites for hydroxylation is 1. The maximum absolute atomic E-state index is 12.6. The number of hydrogen-bond acceptors (Lipinski definition) is 5. The zero-order chi connectivity index (χ0) is 17.6. The number of anilines is 2. The molecule has 1 fully saturated rings. The van der Waals surface area contributed by atoms with Crippen molar-refractivity contribution in [2.45, 2.75) is 33.1 Å². The lowest BCUT2D eigenvalue weighted by Crippen LogP contribution is -2.31. The highest BCUT2D eigenvalue weighted by Crippen LogP contribution is 2.19. The fourth-order valence-electron chi connectivity index (χ4n) is 2.90. The van der Waals surface area contributed by atoms with Crippen LogP contribution in [0.4, 0.5) is 11.6 Å². The molecule has 1 aromatic carbocycles. The molecule has 0 radical (unpaired) electrons. The maximum Gasteiger partial charge on any atom is 0.274 e. The SMILES string of the molecule is CCOc1ccc(NC(=O)c2cc(C)nc(N3CCCCC3)n2)cc1. The fourth-order valence-corrected chi connectivity index (χ4v) is 2.90. The molecule has 0 aliphatic carbocycles. The van der Waals surface area contributed by atoms with Crippen LogP contribution in [0, 0.1) is 6.92 Å². The van der Waals surface area contributed by atoms with Gasteiger partial charge in [0.15, 0.2) is 0 Å². The van der Waals surface area contributed by atoms with Crippen LogP contribution in [0.1, 0.15) is 42.4 Å². The number of rotatable bonds is 5.